The number of benzene rings is 2. The maximum absolute atomic E-state index is 13.5. The van der Waals surface area contributed by atoms with E-state index in [2.05, 4.69) is 73.7 Å². The van der Waals surface area contributed by atoms with Crippen LogP contribution in [0.15, 0.2) is 84.3 Å². The Balaban J connectivity index is 0.806. The number of anilines is 4. The largest absolute Gasteiger partial charge is 0.384 e. The van der Waals surface area contributed by atoms with Crippen LogP contribution in [0.5, 0.6) is 0 Å². The highest BCUT2D eigenvalue weighted by Crippen LogP contribution is 2.38. The first-order valence-corrected chi connectivity index (χ1v) is 21.1. The lowest BCUT2D eigenvalue weighted by molar-refractivity contribution is -0.122. The zero-order valence-electron chi connectivity index (χ0n) is 33.4. The summed E-state index contributed by atoms with van der Waals surface area (Å²) in [6.45, 7) is 11.0. The van der Waals surface area contributed by atoms with E-state index in [1.54, 1.807) is 21.6 Å². The number of fused-ring (bicyclic) bond motifs is 2. The average Bonchev–Trinajstić information content (AvgIpc) is 3.74. The highest BCUT2D eigenvalue weighted by molar-refractivity contribution is 5.78. The van der Waals surface area contributed by atoms with Crippen LogP contribution in [-0.2, 0) is 23.4 Å². The van der Waals surface area contributed by atoms with Crippen LogP contribution in [0.1, 0.15) is 81.0 Å². The van der Waals surface area contributed by atoms with Crippen molar-refractivity contribution in [2.75, 3.05) is 47.8 Å². The van der Waals surface area contributed by atoms with Gasteiger partial charge >= 0.3 is 0 Å². The van der Waals surface area contributed by atoms with E-state index in [4.69, 9.17) is 9.97 Å². The topological polar surface area (TPSA) is 145 Å². The monoisotopic (exact) mass is 782 g/mol. The molecule has 6 heterocycles. The smallest absolute Gasteiger partial charge is 0.278 e. The zero-order chi connectivity index (χ0) is 39.8. The van der Waals surface area contributed by atoms with Crippen molar-refractivity contribution in [2.24, 2.45) is 0 Å². The SMILES string of the molecule is C=CCn1c(=O)c2cnc(Nc3ccc(N4CCC(NC5CCN(c6cccc(C7CCNC(=O)C7)c6)CC5)CC4)cc3)nc2n1-c1ccc2c(n1)[C@@](O)(CC)CC2. The summed E-state index contributed by atoms with van der Waals surface area (Å²) in [5.41, 5.74) is 5.54. The molecule has 13 nitrogen and oxygen atoms in total. The molecule has 3 fully saturated rings. The van der Waals surface area contributed by atoms with Gasteiger partial charge in [0, 0.05) is 74.5 Å². The van der Waals surface area contributed by atoms with Gasteiger partial charge in [0.15, 0.2) is 11.5 Å². The van der Waals surface area contributed by atoms with Crippen LogP contribution in [0.25, 0.3) is 16.9 Å². The van der Waals surface area contributed by atoms with Gasteiger partial charge in [-0.05, 0) is 111 Å². The van der Waals surface area contributed by atoms with Crippen LogP contribution >= 0.6 is 0 Å². The molecule has 13 heteroatoms. The van der Waals surface area contributed by atoms with E-state index < -0.39 is 5.60 Å². The van der Waals surface area contributed by atoms with Gasteiger partial charge in [-0.1, -0.05) is 31.2 Å². The summed E-state index contributed by atoms with van der Waals surface area (Å²) in [6.07, 6.45) is 11.3. The summed E-state index contributed by atoms with van der Waals surface area (Å²) in [7, 11) is 0. The number of nitrogens with zero attached hydrogens (tertiary/aromatic N) is 7. The molecule has 2 aromatic carbocycles. The molecule has 58 heavy (non-hydrogen) atoms. The lowest BCUT2D eigenvalue weighted by Gasteiger charge is -2.39. The Morgan fingerprint density at radius 2 is 1.67 bits per heavy atom. The van der Waals surface area contributed by atoms with Gasteiger partial charge in [0.1, 0.15) is 11.0 Å². The van der Waals surface area contributed by atoms with Crippen LogP contribution < -0.4 is 31.3 Å². The van der Waals surface area contributed by atoms with Crippen LogP contribution in [-0.4, -0.2) is 80.1 Å². The number of pyridine rings is 1. The van der Waals surface area contributed by atoms with E-state index in [0.29, 0.717) is 65.8 Å². The van der Waals surface area contributed by atoms with E-state index in [1.165, 1.54) is 16.9 Å². The molecule has 1 amide bonds. The number of hydrogen-bond acceptors (Lipinski definition) is 10. The Kier molecular flexibility index (Phi) is 10.5. The third-order valence-corrected chi connectivity index (χ3v) is 12.9. The summed E-state index contributed by atoms with van der Waals surface area (Å²) in [5, 5.41) is 21.9. The number of aromatic nitrogens is 5. The molecule has 1 aliphatic carbocycles. The molecule has 1 unspecified atom stereocenters. The van der Waals surface area contributed by atoms with Gasteiger partial charge < -0.3 is 30.9 Å². The van der Waals surface area contributed by atoms with Gasteiger partial charge in [-0.15, -0.1) is 6.58 Å². The molecule has 3 aromatic heterocycles. The summed E-state index contributed by atoms with van der Waals surface area (Å²) in [5.74, 6) is 1.37. The fourth-order valence-corrected chi connectivity index (χ4v) is 9.48. The lowest BCUT2D eigenvalue weighted by atomic mass is 9.89. The number of carbonyl (C=O) groups excluding carboxylic acids is 1. The van der Waals surface area contributed by atoms with Crippen molar-refractivity contribution in [1.82, 2.24) is 34.9 Å². The summed E-state index contributed by atoms with van der Waals surface area (Å²) >= 11 is 0. The van der Waals surface area contributed by atoms with Crippen LogP contribution in [0, 0.1) is 0 Å². The Labute approximate surface area is 339 Å². The Morgan fingerprint density at radius 3 is 2.38 bits per heavy atom. The van der Waals surface area contributed by atoms with E-state index >= 15 is 0 Å². The standard InChI is InChI=1S/C45H54N10O3/c1-3-22-54-43(57)38-29-47-44(51-42(38)55(54)39-13-8-30-14-20-45(58,4-2)41(30)50-39)49-33-9-11-36(12-10-33)52-23-16-34(17-24-52)48-35-18-25-53(26-19-35)37-7-5-6-31(27-37)32-15-21-46-40(56)28-32/h3,5-13,27,29,32,34-35,48,58H,1,4,14-26,28H2,2H3,(H,46,56)(H,47,49,51)/t32?,45-/m1/s1. The van der Waals surface area contributed by atoms with Crippen molar-refractivity contribution in [3.05, 3.63) is 107 Å². The van der Waals surface area contributed by atoms with Crippen LogP contribution in [0.2, 0.25) is 0 Å². The fraction of sp³-hybridized carbons (Fsp3) is 0.444. The molecule has 0 bridgehead atoms. The highest BCUT2D eigenvalue weighted by Gasteiger charge is 2.37. The van der Waals surface area contributed by atoms with E-state index in [1.807, 2.05) is 31.2 Å². The summed E-state index contributed by atoms with van der Waals surface area (Å²) in [4.78, 5) is 44.7. The average molecular weight is 783 g/mol. The van der Waals surface area contributed by atoms with Gasteiger partial charge in [0.2, 0.25) is 11.9 Å². The Morgan fingerprint density at radius 1 is 0.931 bits per heavy atom. The molecule has 0 spiro atoms. The number of aliphatic hydroxyl groups is 1. The van der Waals surface area contributed by atoms with Gasteiger partial charge in [-0.2, -0.15) is 4.98 Å². The zero-order valence-corrected chi connectivity index (χ0v) is 33.4. The first-order valence-electron chi connectivity index (χ1n) is 21.1. The predicted molar refractivity (Wildman–Crippen MR) is 228 cm³/mol. The second kappa shape index (κ2) is 16.0. The predicted octanol–water partition coefficient (Wildman–Crippen LogP) is 5.67. The third-order valence-electron chi connectivity index (χ3n) is 12.9. The molecule has 3 aliphatic heterocycles. The van der Waals surface area contributed by atoms with Crippen molar-refractivity contribution >= 4 is 40.0 Å². The van der Waals surface area contributed by atoms with Crippen molar-refractivity contribution < 1.29 is 9.90 Å². The Hall–Kier alpha value is -5.53. The minimum absolute atomic E-state index is 0.163. The number of aryl methyl sites for hydroxylation is 1. The molecule has 0 saturated carbocycles. The fourth-order valence-electron chi connectivity index (χ4n) is 9.48. The Bertz CT molecular complexity index is 2360. The van der Waals surface area contributed by atoms with E-state index in [0.717, 1.165) is 82.5 Å². The highest BCUT2D eigenvalue weighted by atomic mass is 16.3. The number of hydrogen-bond donors (Lipinski definition) is 4. The van der Waals surface area contributed by atoms with Crippen molar-refractivity contribution in [1.29, 1.82) is 0 Å². The number of nitrogens with one attached hydrogen (secondary N) is 3. The molecular weight excluding hydrogens is 729 g/mol. The van der Waals surface area contributed by atoms with Crippen LogP contribution in [0.3, 0.4) is 0 Å². The molecule has 4 N–H and O–H groups in total. The third kappa shape index (κ3) is 7.48. The minimum Gasteiger partial charge on any atom is -0.384 e. The maximum Gasteiger partial charge on any atom is 0.278 e. The van der Waals surface area contributed by atoms with Gasteiger partial charge in [0.25, 0.3) is 5.56 Å². The number of amides is 1. The first kappa shape index (κ1) is 38.0. The van der Waals surface area contributed by atoms with Crippen molar-refractivity contribution in [3.8, 4) is 5.82 Å². The summed E-state index contributed by atoms with van der Waals surface area (Å²) in [6, 6.07) is 22.2. The van der Waals surface area contributed by atoms with E-state index in [9.17, 15) is 14.7 Å². The van der Waals surface area contributed by atoms with Crippen LogP contribution in [0.4, 0.5) is 23.0 Å². The molecule has 2 atom stereocenters. The molecular formula is C45H54N10O3. The second-order valence-corrected chi connectivity index (χ2v) is 16.5. The molecule has 9 rings (SSSR count). The molecule has 302 valence electrons. The second-order valence-electron chi connectivity index (χ2n) is 16.5. The van der Waals surface area contributed by atoms with Crippen molar-refractivity contribution in [2.45, 2.75) is 94.9 Å². The number of rotatable bonds is 11. The number of allylic oxidation sites excluding steroid dienone is 1. The summed E-state index contributed by atoms with van der Waals surface area (Å²) < 4.78 is 3.27. The van der Waals surface area contributed by atoms with E-state index in [-0.39, 0.29) is 18.0 Å². The molecule has 5 aromatic rings. The maximum atomic E-state index is 13.5. The lowest BCUT2D eigenvalue weighted by Crippen LogP contribution is -2.50. The number of carbonyl (C=O) groups is 1. The molecule has 4 aliphatic rings. The molecule has 3 saturated heterocycles. The normalized spacial score (nSPS) is 21.6. The minimum atomic E-state index is -0.982. The van der Waals surface area contributed by atoms with Crippen molar-refractivity contribution in [3.63, 3.8) is 0 Å². The first-order chi connectivity index (χ1) is 28.3. The van der Waals surface area contributed by atoms with Gasteiger partial charge in [-0.3, -0.25) is 9.59 Å². The number of piperidine rings is 3. The van der Waals surface area contributed by atoms with Gasteiger partial charge in [-0.25, -0.2) is 19.3 Å². The molecule has 0 radical (unpaired) electrons. The quantitative estimate of drug-likeness (QED) is 0.124. The van der Waals surface area contributed by atoms with Gasteiger partial charge in [0.05, 0.1) is 12.2 Å².